The van der Waals surface area contributed by atoms with Gasteiger partial charge in [-0.2, -0.15) is 10.2 Å². The molecule has 0 bridgehead atoms. The molecule has 1 N–H and O–H groups in total. The maximum atomic E-state index is 12.5. The Bertz CT molecular complexity index is 710. The van der Waals surface area contributed by atoms with Gasteiger partial charge in [0.25, 0.3) is 5.91 Å². The van der Waals surface area contributed by atoms with E-state index in [4.69, 9.17) is 5.10 Å². The second kappa shape index (κ2) is 5.83. The summed E-state index contributed by atoms with van der Waals surface area (Å²) >= 11 is 0. The zero-order valence-corrected chi connectivity index (χ0v) is 13.5. The first-order valence-corrected chi connectivity index (χ1v) is 8.59. The van der Waals surface area contributed by atoms with E-state index in [0.717, 1.165) is 25.0 Å². The molecule has 2 aromatic heterocycles. The van der Waals surface area contributed by atoms with E-state index in [1.807, 2.05) is 0 Å². The predicted octanol–water partition coefficient (Wildman–Crippen LogP) is 2.54. The van der Waals surface area contributed by atoms with Gasteiger partial charge in [0.05, 0.1) is 17.8 Å². The number of carbonyl (C=O) groups excluding carboxylic acids is 1. The summed E-state index contributed by atoms with van der Waals surface area (Å²) in [5, 5.41) is 12.1. The lowest BCUT2D eigenvalue weighted by Gasteiger charge is -2.22. The number of nitrogens with zero attached hydrogens (tertiary/aromatic N) is 4. The van der Waals surface area contributed by atoms with Gasteiger partial charge in [0.2, 0.25) is 0 Å². The Hall–Kier alpha value is -2.11. The van der Waals surface area contributed by atoms with E-state index in [1.165, 1.54) is 31.2 Å². The van der Waals surface area contributed by atoms with Crippen LogP contribution in [0.25, 0.3) is 0 Å². The molecular formula is C17H23N5O. The number of carbonyl (C=O) groups is 1. The van der Waals surface area contributed by atoms with Gasteiger partial charge in [-0.25, -0.2) is 0 Å². The standard InChI is InChI=1S/C17H23N5O/c1-21-15(9-10-18-21)17(23)19-14-8-4-5-12-11-22(20-16(12)14)13-6-2-3-7-13/h9-11,13-14H,2-8H2,1H3,(H,19,23)/t14-/m1/s1. The van der Waals surface area contributed by atoms with Gasteiger partial charge in [-0.1, -0.05) is 12.8 Å². The van der Waals surface area contributed by atoms with Crippen LogP contribution in [0, 0.1) is 0 Å². The average molecular weight is 313 g/mol. The van der Waals surface area contributed by atoms with E-state index in [2.05, 4.69) is 21.3 Å². The van der Waals surface area contributed by atoms with Crippen LogP contribution in [0.15, 0.2) is 18.5 Å². The van der Waals surface area contributed by atoms with Crippen molar-refractivity contribution in [2.75, 3.05) is 0 Å². The summed E-state index contributed by atoms with van der Waals surface area (Å²) in [5.74, 6) is -0.0710. The topological polar surface area (TPSA) is 64.7 Å². The van der Waals surface area contributed by atoms with Crippen LogP contribution in [0.5, 0.6) is 0 Å². The highest BCUT2D eigenvalue weighted by Gasteiger charge is 2.28. The maximum absolute atomic E-state index is 12.5. The van der Waals surface area contributed by atoms with Gasteiger partial charge in [0.15, 0.2) is 0 Å². The molecule has 2 aromatic rings. The van der Waals surface area contributed by atoms with Crippen molar-refractivity contribution in [1.29, 1.82) is 0 Å². The number of hydrogen-bond donors (Lipinski definition) is 1. The fourth-order valence-corrected chi connectivity index (χ4v) is 3.89. The Morgan fingerprint density at radius 2 is 2.09 bits per heavy atom. The molecule has 0 unspecified atom stereocenters. The molecule has 4 rings (SSSR count). The minimum atomic E-state index is -0.0710. The number of aromatic nitrogens is 4. The smallest absolute Gasteiger partial charge is 0.270 e. The molecule has 6 heteroatoms. The number of nitrogens with one attached hydrogen (secondary N) is 1. The fourth-order valence-electron chi connectivity index (χ4n) is 3.89. The van der Waals surface area contributed by atoms with Crippen LogP contribution in [0.4, 0.5) is 0 Å². The Morgan fingerprint density at radius 1 is 1.26 bits per heavy atom. The lowest BCUT2D eigenvalue weighted by molar-refractivity contribution is 0.0922. The Morgan fingerprint density at radius 3 is 2.83 bits per heavy atom. The summed E-state index contributed by atoms with van der Waals surface area (Å²) in [5.41, 5.74) is 2.96. The highest BCUT2D eigenvalue weighted by molar-refractivity contribution is 5.92. The van der Waals surface area contributed by atoms with Crippen LogP contribution in [0.3, 0.4) is 0 Å². The normalized spacial score (nSPS) is 21.3. The molecule has 1 fully saturated rings. The van der Waals surface area contributed by atoms with Crippen molar-refractivity contribution in [3.63, 3.8) is 0 Å². The number of aryl methyl sites for hydroxylation is 2. The van der Waals surface area contributed by atoms with Crippen LogP contribution < -0.4 is 5.32 Å². The van der Waals surface area contributed by atoms with Crippen LogP contribution in [0.2, 0.25) is 0 Å². The summed E-state index contributed by atoms with van der Waals surface area (Å²) in [6.45, 7) is 0. The SMILES string of the molecule is Cn1nccc1C(=O)N[C@@H]1CCCc2cn(C3CCCC3)nc21. The van der Waals surface area contributed by atoms with Crippen molar-refractivity contribution >= 4 is 5.91 Å². The largest absolute Gasteiger partial charge is 0.342 e. The fraction of sp³-hybridized carbons (Fsp3) is 0.588. The van der Waals surface area contributed by atoms with Gasteiger partial charge in [0, 0.05) is 19.4 Å². The molecule has 122 valence electrons. The van der Waals surface area contributed by atoms with Gasteiger partial charge in [-0.05, 0) is 43.7 Å². The molecule has 2 aliphatic carbocycles. The Kier molecular flexibility index (Phi) is 3.67. The van der Waals surface area contributed by atoms with Crippen molar-refractivity contribution < 1.29 is 4.79 Å². The zero-order valence-electron chi connectivity index (χ0n) is 13.5. The molecular weight excluding hydrogens is 290 g/mol. The third kappa shape index (κ3) is 2.66. The van der Waals surface area contributed by atoms with E-state index >= 15 is 0 Å². The molecule has 1 atom stereocenters. The first-order chi connectivity index (χ1) is 11.2. The van der Waals surface area contributed by atoms with Crippen LogP contribution >= 0.6 is 0 Å². The van der Waals surface area contributed by atoms with E-state index in [1.54, 1.807) is 24.0 Å². The summed E-state index contributed by atoms with van der Waals surface area (Å²) in [6, 6.07) is 2.31. The van der Waals surface area contributed by atoms with E-state index in [-0.39, 0.29) is 11.9 Å². The Balaban J connectivity index is 1.55. The highest BCUT2D eigenvalue weighted by atomic mass is 16.2. The number of hydrogen-bond acceptors (Lipinski definition) is 3. The summed E-state index contributed by atoms with van der Waals surface area (Å²) in [4.78, 5) is 12.5. The molecule has 0 aliphatic heterocycles. The highest BCUT2D eigenvalue weighted by Crippen LogP contribution is 2.33. The molecule has 0 radical (unpaired) electrons. The lowest BCUT2D eigenvalue weighted by Crippen LogP contribution is -2.32. The van der Waals surface area contributed by atoms with Crippen molar-refractivity contribution in [2.45, 2.75) is 57.0 Å². The van der Waals surface area contributed by atoms with Crippen molar-refractivity contribution in [2.24, 2.45) is 7.05 Å². The van der Waals surface area contributed by atoms with Crippen LogP contribution in [-0.2, 0) is 13.5 Å². The second-order valence-corrected chi connectivity index (χ2v) is 6.72. The number of fused-ring (bicyclic) bond motifs is 1. The van der Waals surface area contributed by atoms with E-state index in [0.29, 0.717) is 11.7 Å². The van der Waals surface area contributed by atoms with E-state index < -0.39 is 0 Å². The monoisotopic (exact) mass is 313 g/mol. The average Bonchev–Trinajstić information content (AvgIpc) is 3.27. The molecule has 1 amide bonds. The van der Waals surface area contributed by atoms with Gasteiger partial charge in [-0.15, -0.1) is 0 Å². The maximum Gasteiger partial charge on any atom is 0.270 e. The zero-order chi connectivity index (χ0) is 15.8. The minimum absolute atomic E-state index is 0.0174. The Labute approximate surface area is 135 Å². The number of rotatable bonds is 3. The molecule has 2 heterocycles. The molecule has 0 aromatic carbocycles. The predicted molar refractivity (Wildman–Crippen MR) is 86.1 cm³/mol. The molecule has 2 aliphatic rings. The molecule has 6 nitrogen and oxygen atoms in total. The van der Waals surface area contributed by atoms with Crippen molar-refractivity contribution in [3.05, 3.63) is 35.4 Å². The summed E-state index contributed by atoms with van der Waals surface area (Å²) in [7, 11) is 1.79. The third-order valence-corrected chi connectivity index (χ3v) is 5.17. The van der Waals surface area contributed by atoms with Gasteiger partial charge in [0.1, 0.15) is 5.69 Å². The van der Waals surface area contributed by atoms with Crippen molar-refractivity contribution in [1.82, 2.24) is 24.9 Å². The first kappa shape index (κ1) is 14.5. The van der Waals surface area contributed by atoms with E-state index in [9.17, 15) is 4.79 Å². The van der Waals surface area contributed by atoms with Crippen molar-refractivity contribution in [3.8, 4) is 0 Å². The van der Waals surface area contributed by atoms with Crippen LogP contribution in [0.1, 0.15) is 72.4 Å². The second-order valence-electron chi connectivity index (χ2n) is 6.72. The quantitative estimate of drug-likeness (QED) is 0.947. The molecule has 1 saturated carbocycles. The van der Waals surface area contributed by atoms with Crippen LogP contribution in [-0.4, -0.2) is 25.5 Å². The third-order valence-electron chi connectivity index (χ3n) is 5.17. The van der Waals surface area contributed by atoms with Gasteiger partial charge >= 0.3 is 0 Å². The van der Waals surface area contributed by atoms with Gasteiger partial charge in [-0.3, -0.25) is 14.2 Å². The summed E-state index contributed by atoms with van der Waals surface area (Å²) < 4.78 is 3.77. The lowest BCUT2D eigenvalue weighted by atomic mass is 9.93. The van der Waals surface area contributed by atoms with Gasteiger partial charge < -0.3 is 5.32 Å². The number of amides is 1. The first-order valence-electron chi connectivity index (χ1n) is 8.59. The molecule has 0 spiro atoms. The summed E-state index contributed by atoms with van der Waals surface area (Å²) in [6.07, 6.45) is 12.0. The molecule has 0 saturated heterocycles. The minimum Gasteiger partial charge on any atom is -0.342 e. The molecule has 23 heavy (non-hydrogen) atoms.